The number of thiophene rings is 1. The number of hydrogen-bond donors (Lipinski definition) is 1. The van der Waals surface area contributed by atoms with Crippen molar-refractivity contribution < 1.29 is 36.7 Å². The fraction of sp³-hybridized carbons (Fsp3) is 0.400. The predicted molar refractivity (Wildman–Crippen MR) is 140 cm³/mol. The molecule has 3 aromatic rings. The van der Waals surface area contributed by atoms with Crippen LogP contribution < -0.4 is 5.32 Å². The zero-order valence-corrected chi connectivity index (χ0v) is 23.5. The smallest absolute Gasteiger partial charge is 0.348 e. The van der Waals surface area contributed by atoms with Crippen molar-refractivity contribution in [1.29, 1.82) is 0 Å². The van der Waals surface area contributed by atoms with Gasteiger partial charge in [0.25, 0.3) is 0 Å². The lowest BCUT2D eigenvalue weighted by Crippen LogP contribution is -2.24. The highest BCUT2D eigenvalue weighted by Crippen LogP contribution is 2.34. The van der Waals surface area contributed by atoms with Gasteiger partial charge >= 0.3 is 17.2 Å². The molecule has 0 bridgehead atoms. The largest absolute Gasteiger partial charge is 0.462 e. The highest BCUT2D eigenvalue weighted by Gasteiger charge is 2.30. The number of nitrogens with zero attached hydrogens (tertiary/aromatic N) is 2. The van der Waals surface area contributed by atoms with Gasteiger partial charge in [-0.05, 0) is 49.4 Å². The molecule has 0 fully saturated rings. The van der Waals surface area contributed by atoms with Crippen molar-refractivity contribution in [2.75, 3.05) is 24.3 Å². The number of amides is 1. The summed E-state index contributed by atoms with van der Waals surface area (Å²) in [7, 11) is -4.33. The fourth-order valence-corrected chi connectivity index (χ4v) is 5.42. The minimum atomic E-state index is -4.33. The average Bonchev–Trinajstić information content (AvgIpc) is 3.44. The van der Waals surface area contributed by atoms with Crippen LogP contribution in [0.3, 0.4) is 0 Å². The van der Waals surface area contributed by atoms with Gasteiger partial charge in [-0.2, -0.15) is 0 Å². The normalized spacial score (nSPS) is 11.7. The monoisotopic (exact) mass is 563 g/mol. The standard InChI is InChI=1S/C25H29N3O8S2/c1-7-34-22(30)18-14(3)19(23(31)35-8-2)37-21(18)26-17(29)13-38(32,33)24-28-27-20(36-24)15-9-11-16(12-10-15)25(4,5)6/h9-12H,7-8,13H2,1-6H3,(H,26,29). The first-order valence-electron chi connectivity index (χ1n) is 11.7. The van der Waals surface area contributed by atoms with Crippen molar-refractivity contribution in [3.05, 3.63) is 45.8 Å². The number of anilines is 1. The van der Waals surface area contributed by atoms with Crippen molar-refractivity contribution in [2.45, 2.75) is 52.2 Å². The molecule has 0 saturated heterocycles. The van der Waals surface area contributed by atoms with E-state index in [1.54, 1.807) is 26.0 Å². The number of nitrogens with one attached hydrogen (secondary N) is 1. The molecule has 0 spiro atoms. The lowest BCUT2D eigenvalue weighted by atomic mass is 9.87. The number of ether oxygens (including phenoxy) is 2. The number of carbonyl (C=O) groups is 3. The van der Waals surface area contributed by atoms with Crippen LogP contribution in [0.5, 0.6) is 0 Å². The van der Waals surface area contributed by atoms with Crippen molar-refractivity contribution in [2.24, 2.45) is 0 Å². The first-order valence-corrected chi connectivity index (χ1v) is 14.2. The summed E-state index contributed by atoms with van der Waals surface area (Å²) in [6.45, 7) is 11.1. The van der Waals surface area contributed by atoms with Crippen LogP contribution in [0, 0.1) is 6.92 Å². The molecule has 38 heavy (non-hydrogen) atoms. The summed E-state index contributed by atoms with van der Waals surface area (Å²) in [6, 6.07) is 7.26. The third-order valence-electron chi connectivity index (χ3n) is 5.33. The number of benzene rings is 1. The minimum absolute atomic E-state index is 0.0120. The molecule has 1 N–H and O–H groups in total. The molecule has 0 saturated carbocycles. The predicted octanol–water partition coefficient (Wildman–Crippen LogP) is 4.17. The van der Waals surface area contributed by atoms with E-state index in [0.717, 1.165) is 16.9 Å². The van der Waals surface area contributed by atoms with Crippen LogP contribution in [0.15, 0.2) is 33.9 Å². The Morgan fingerprint density at radius 3 is 2.18 bits per heavy atom. The van der Waals surface area contributed by atoms with E-state index < -0.39 is 38.7 Å². The van der Waals surface area contributed by atoms with Crippen LogP contribution in [0.2, 0.25) is 0 Å². The molecule has 13 heteroatoms. The molecular formula is C25H29N3O8S2. The maximum absolute atomic E-state index is 12.8. The van der Waals surface area contributed by atoms with E-state index in [1.807, 2.05) is 12.1 Å². The van der Waals surface area contributed by atoms with Crippen LogP contribution in [0.1, 0.15) is 65.8 Å². The van der Waals surface area contributed by atoms with E-state index in [4.69, 9.17) is 13.9 Å². The maximum Gasteiger partial charge on any atom is 0.348 e. The summed E-state index contributed by atoms with van der Waals surface area (Å²) in [6.07, 6.45) is 0. The molecule has 0 atom stereocenters. The van der Waals surface area contributed by atoms with Crippen LogP contribution >= 0.6 is 11.3 Å². The molecule has 0 aliphatic heterocycles. The fourth-order valence-electron chi connectivity index (χ4n) is 3.40. The van der Waals surface area contributed by atoms with Crippen molar-refractivity contribution >= 4 is 44.0 Å². The molecule has 0 unspecified atom stereocenters. The molecule has 2 heterocycles. The lowest BCUT2D eigenvalue weighted by Gasteiger charge is -2.18. The molecule has 0 aliphatic rings. The second-order valence-corrected chi connectivity index (χ2v) is 12.1. The Labute approximate surface area is 224 Å². The van der Waals surface area contributed by atoms with E-state index >= 15 is 0 Å². The van der Waals surface area contributed by atoms with Gasteiger partial charge in [-0.15, -0.1) is 16.4 Å². The van der Waals surface area contributed by atoms with Crippen molar-refractivity contribution in [1.82, 2.24) is 10.2 Å². The van der Waals surface area contributed by atoms with E-state index in [-0.39, 0.29) is 45.5 Å². The molecular weight excluding hydrogens is 534 g/mol. The summed E-state index contributed by atoms with van der Waals surface area (Å²) in [5, 5.41) is 9.06. The van der Waals surface area contributed by atoms with Gasteiger partial charge in [0, 0.05) is 5.56 Å². The number of sulfone groups is 1. The highest BCUT2D eigenvalue weighted by molar-refractivity contribution is 7.91. The number of carbonyl (C=O) groups excluding carboxylic acids is 3. The van der Waals surface area contributed by atoms with E-state index in [0.29, 0.717) is 5.56 Å². The van der Waals surface area contributed by atoms with Crippen LogP contribution in [-0.2, 0) is 29.5 Å². The quantitative estimate of drug-likeness (QED) is 0.375. The van der Waals surface area contributed by atoms with Gasteiger partial charge < -0.3 is 19.2 Å². The van der Waals surface area contributed by atoms with Crippen LogP contribution in [-0.4, -0.2) is 55.4 Å². The maximum atomic E-state index is 12.8. The summed E-state index contributed by atoms with van der Waals surface area (Å²) in [5.74, 6) is -3.47. The molecule has 0 radical (unpaired) electrons. The summed E-state index contributed by atoms with van der Waals surface area (Å²) in [4.78, 5) is 37.6. The van der Waals surface area contributed by atoms with Gasteiger partial charge in [0.15, 0.2) is 0 Å². The van der Waals surface area contributed by atoms with Gasteiger partial charge in [-0.1, -0.05) is 38.0 Å². The van der Waals surface area contributed by atoms with Gasteiger partial charge in [0.1, 0.15) is 15.6 Å². The van der Waals surface area contributed by atoms with E-state index in [2.05, 4.69) is 36.3 Å². The second-order valence-electron chi connectivity index (χ2n) is 9.21. The van der Waals surface area contributed by atoms with Crippen LogP contribution in [0.25, 0.3) is 11.5 Å². The molecule has 11 nitrogen and oxygen atoms in total. The first kappa shape index (κ1) is 29.0. The Kier molecular flexibility index (Phi) is 8.72. The first-order chi connectivity index (χ1) is 17.8. The Bertz CT molecular complexity index is 1450. The Morgan fingerprint density at radius 1 is 1.00 bits per heavy atom. The van der Waals surface area contributed by atoms with Gasteiger partial charge in [0.05, 0.1) is 18.8 Å². The topological polar surface area (TPSA) is 155 Å². The SMILES string of the molecule is CCOC(=O)c1sc(NC(=O)CS(=O)(=O)c2nnc(-c3ccc(C(C)(C)C)cc3)o2)c(C(=O)OCC)c1C. The Balaban J connectivity index is 1.81. The zero-order valence-electron chi connectivity index (χ0n) is 21.9. The molecule has 2 aromatic heterocycles. The Hall–Kier alpha value is -3.58. The van der Waals surface area contributed by atoms with Crippen LogP contribution in [0.4, 0.5) is 5.00 Å². The van der Waals surface area contributed by atoms with E-state index in [9.17, 15) is 22.8 Å². The summed E-state index contributed by atoms with van der Waals surface area (Å²) in [5.41, 5.74) is 1.73. The molecule has 0 aliphatic carbocycles. The molecule has 204 valence electrons. The van der Waals surface area contributed by atoms with E-state index in [1.165, 1.54) is 6.92 Å². The third kappa shape index (κ3) is 6.45. The third-order valence-corrected chi connectivity index (χ3v) is 7.86. The molecule has 1 amide bonds. The lowest BCUT2D eigenvalue weighted by molar-refractivity contribution is -0.113. The van der Waals surface area contributed by atoms with Gasteiger partial charge in [-0.25, -0.2) is 18.0 Å². The summed E-state index contributed by atoms with van der Waals surface area (Å²) >= 11 is 0.789. The van der Waals surface area contributed by atoms with Crippen molar-refractivity contribution in [3.63, 3.8) is 0 Å². The number of aromatic nitrogens is 2. The zero-order chi connectivity index (χ0) is 28.3. The number of hydrogen-bond acceptors (Lipinski definition) is 11. The molecule has 3 rings (SSSR count). The number of rotatable bonds is 9. The van der Waals surface area contributed by atoms with Gasteiger partial charge in [0.2, 0.25) is 21.6 Å². The minimum Gasteiger partial charge on any atom is -0.462 e. The Morgan fingerprint density at radius 2 is 1.61 bits per heavy atom. The summed E-state index contributed by atoms with van der Waals surface area (Å²) < 4.78 is 41.1. The van der Waals surface area contributed by atoms with Crippen molar-refractivity contribution in [3.8, 4) is 11.5 Å². The number of esters is 2. The van der Waals surface area contributed by atoms with Gasteiger partial charge in [-0.3, -0.25) is 4.79 Å². The molecule has 1 aromatic carbocycles. The average molecular weight is 564 g/mol. The highest BCUT2D eigenvalue weighted by atomic mass is 32.2. The second kappa shape index (κ2) is 11.4.